The molecule has 0 radical (unpaired) electrons. The van der Waals surface area contributed by atoms with Crippen LogP contribution in [0, 0.1) is 11.3 Å². The van der Waals surface area contributed by atoms with Gasteiger partial charge in [-0.3, -0.25) is 0 Å². The second kappa shape index (κ2) is 3.35. The molecule has 2 rings (SSSR count). The number of hydrogen-bond donors (Lipinski definition) is 0. The molecule has 0 unspecified atom stereocenters. The summed E-state index contributed by atoms with van der Waals surface area (Å²) >= 11 is 0. The Labute approximate surface area is 81.2 Å². The maximum atomic E-state index is 10.8. The zero-order valence-electron chi connectivity index (χ0n) is 7.36. The van der Waals surface area contributed by atoms with E-state index in [-0.39, 0.29) is 5.97 Å². The molecule has 1 heterocycles. The van der Waals surface area contributed by atoms with Gasteiger partial charge in [0.2, 0.25) is 0 Å². The summed E-state index contributed by atoms with van der Waals surface area (Å²) in [6.07, 6.45) is 1.47. The van der Waals surface area contributed by atoms with Crippen LogP contribution in [0.1, 0.15) is 11.1 Å². The van der Waals surface area contributed by atoms with Crippen molar-refractivity contribution in [3.63, 3.8) is 0 Å². The van der Waals surface area contributed by atoms with E-state index >= 15 is 0 Å². The van der Waals surface area contributed by atoms with Crippen LogP contribution in [0.3, 0.4) is 0 Å². The molecule has 0 amide bonds. The lowest BCUT2D eigenvalue weighted by Gasteiger charge is -1.99. The Hall–Kier alpha value is -2.08. The van der Waals surface area contributed by atoms with Gasteiger partial charge in [0.1, 0.15) is 6.61 Å². The minimum absolute atomic E-state index is 0.302. The number of carbonyl (C=O) groups is 1. The van der Waals surface area contributed by atoms with Crippen molar-refractivity contribution < 1.29 is 9.53 Å². The fourth-order valence-electron chi connectivity index (χ4n) is 1.30. The van der Waals surface area contributed by atoms with E-state index in [0.29, 0.717) is 12.2 Å². The van der Waals surface area contributed by atoms with E-state index in [1.54, 1.807) is 12.1 Å². The number of carbonyl (C=O) groups excluding carboxylic acids is 1. The van der Waals surface area contributed by atoms with Crippen LogP contribution in [0.5, 0.6) is 0 Å². The highest BCUT2D eigenvalue weighted by Gasteiger charge is 2.13. The topological polar surface area (TPSA) is 50.1 Å². The summed E-state index contributed by atoms with van der Waals surface area (Å²) in [4.78, 5) is 10.8. The second-order valence-electron chi connectivity index (χ2n) is 2.97. The first-order valence-corrected chi connectivity index (χ1v) is 4.17. The van der Waals surface area contributed by atoms with Gasteiger partial charge in [0, 0.05) is 11.6 Å². The molecule has 3 nitrogen and oxygen atoms in total. The van der Waals surface area contributed by atoms with Crippen LogP contribution in [-0.2, 0) is 9.53 Å². The maximum Gasteiger partial charge on any atom is 0.331 e. The van der Waals surface area contributed by atoms with Gasteiger partial charge in [-0.25, -0.2) is 4.79 Å². The highest BCUT2D eigenvalue weighted by molar-refractivity contribution is 5.95. The molecular formula is C11H7NO2. The Morgan fingerprint density at radius 1 is 1.29 bits per heavy atom. The summed E-state index contributed by atoms with van der Waals surface area (Å²) in [6.45, 7) is 0.324. The van der Waals surface area contributed by atoms with Crippen LogP contribution in [0.25, 0.3) is 5.57 Å². The second-order valence-corrected chi connectivity index (χ2v) is 2.97. The van der Waals surface area contributed by atoms with Gasteiger partial charge in [0.15, 0.2) is 0 Å². The summed E-state index contributed by atoms with van der Waals surface area (Å²) in [7, 11) is 0. The first-order valence-electron chi connectivity index (χ1n) is 4.17. The van der Waals surface area contributed by atoms with Gasteiger partial charge in [-0.1, -0.05) is 12.1 Å². The Morgan fingerprint density at radius 2 is 2.00 bits per heavy atom. The molecule has 3 heteroatoms. The van der Waals surface area contributed by atoms with Crippen LogP contribution >= 0.6 is 0 Å². The van der Waals surface area contributed by atoms with E-state index < -0.39 is 0 Å². The number of cyclic esters (lactones) is 1. The molecule has 0 aliphatic carbocycles. The van der Waals surface area contributed by atoms with Crippen molar-refractivity contribution in [3.05, 3.63) is 41.5 Å². The average Bonchev–Trinajstić information content (AvgIpc) is 2.65. The molecule has 0 spiro atoms. The molecule has 0 atom stereocenters. The van der Waals surface area contributed by atoms with E-state index in [4.69, 9.17) is 10.00 Å². The highest BCUT2D eigenvalue weighted by Crippen LogP contribution is 2.19. The molecule has 1 aliphatic heterocycles. The third-order valence-electron chi connectivity index (χ3n) is 2.05. The van der Waals surface area contributed by atoms with Crippen molar-refractivity contribution in [2.75, 3.05) is 6.61 Å². The minimum atomic E-state index is -0.302. The molecule has 0 aromatic heterocycles. The van der Waals surface area contributed by atoms with E-state index in [9.17, 15) is 4.79 Å². The number of benzene rings is 1. The van der Waals surface area contributed by atoms with Crippen LogP contribution in [0.15, 0.2) is 30.3 Å². The third-order valence-corrected chi connectivity index (χ3v) is 2.05. The third kappa shape index (κ3) is 1.50. The largest absolute Gasteiger partial charge is 0.458 e. The molecule has 68 valence electrons. The number of nitriles is 1. The predicted octanol–water partition coefficient (Wildman–Crippen LogP) is 1.50. The van der Waals surface area contributed by atoms with Crippen LogP contribution in [0.2, 0.25) is 0 Å². The molecule has 1 aromatic rings. The van der Waals surface area contributed by atoms with E-state index in [0.717, 1.165) is 11.1 Å². The smallest absolute Gasteiger partial charge is 0.331 e. The molecule has 0 fully saturated rings. The van der Waals surface area contributed by atoms with Gasteiger partial charge in [-0.05, 0) is 17.7 Å². The lowest BCUT2D eigenvalue weighted by atomic mass is 10.1. The Morgan fingerprint density at radius 3 is 2.50 bits per heavy atom. The zero-order chi connectivity index (χ0) is 9.97. The van der Waals surface area contributed by atoms with Crippen molar-refractivity contribution in [2.45, 2.75) is 0 Å². The number of ether oxygens (including phenoxy) is 1. The molecule has 0 bridgehead atoms. The molecule has 0 saturated carbocycles. The van der Waals surface area contributed by atoms with Crippen LogP contribution in [0.4, 0.5) is 0 Å². The molecular weight excluding hydrogens is 178 g/mol. The normalized spacial score (nSPS) is 14.5. The zero-order valence-corrected chi connectivity index (χ0v) is 7.36. The molecule has 1 aliphatic rings. The minimum Gasteiger partial charge on any atom is -0.458 e. The fraction of sp³-hybridized carbons (Fsp3) is 0.0909. The van der Waals surface area contributed by atoms with Gasteiger partial charge in [-0.2, -0.15) is 5.26 Å². The lowest BCUT2D eigenvalue weighted by Crippen LogP contribution is -1.91. The van der Waals surface area contributed by atoms with Gasteiger partial charge in [0.25, 0.3) is 0 Å². The SMILES string of the molecule is N#Cc1ccc(C2=CC(=O)OC2)cc1. The maximum absolute atomic E-state index is 10.8. The summed E-state index contributed by atoms with van der Waals surface area (Å²) in [5.74, 6) is -0.302. The van der Waals surface area contributed by atoms with Crippen molar-refractivity contribution in [1.29, 1.82) is 5.26 Å². The van der Waals surface area contributed by atoms with E-state index in [1.807, 2.05) is 18.2 Å². The fourth-order valence-corrected chi connectivity index (χ4v) is 1.30. The van der Waals surface area contributed by atoms with Gasteiger partial charge >= 0.3 is 5.97 Å². The Bertz CT molecular complexity index is 437. The lowest BCUT2D eigenvalue weighted by molar-refractivity contribution is -0.134. The number of hydrogen-bond acceptors (Lipinski definition) is 3. The Balaban J connectivity index is 2.31. The standard InChI is InChI=1S/C11H7NO2/c12-6-8-1-3-9(4-2-8)10-5-11(13)14-7-10/h1-5H,7H2. The van der Waals surface area contributed by atoms with Crippen molar-refractivity contribution in [3.8, 4) is 6.07 Å². The molecule has 0 N–H and O–H groups in total. The van der Waals surface area contributed by atoms with Crippen molar-refractivity contribution in [2.24, 2.45) is 0 Å². The first kappa shape index (κ1) is 8.52. The summed E-state index contributed by atoms with van der Waals surface area (Å²) in [5.41, 5.74) is 2.40. The van der Waals surface area contributed by atoms with Gasteiger partial charge in [-0.15, -0.1) is 0 Å². The molecule has 1 aromatic carbocycles. The van der Waals surface area contributed by atoms with Gasteiger partial charge in [0.05, 0.1) is 11.6 Å². The molecule has 14 heavy (non-hydrogen) atoms. The summed E-state index contributed by atoms with van der Waals surface area (Å²) in [6, 6.07) is 9.10. The summed E-state index contributed by atoms with van der Waals surface area (Å²) in [5, 5.41) is 8.59. The monoisotopic (exact) mass is 185 g/mol. The average molecular weight is 185 g/mol. The number of esters is 1. The Kier molecular flexibility index (Phi) is 2.04. The van der Waals surface area contributed by atoms with Gasteiger partial charge < -0.3 is 4.74 Å². The van der Waals surface area contributed by atoms with Crippen LogP contribution in [-0.4, -0.2) is 12.6 Å². The number of rotatable bonds is 1. The summed E-state index contributed by atoms with van der Waals surface area (Å²) < 4.78 is 4.78. The highest BCUT2D eigenvalue weighted by atomic mass is 16.5. The molecule has 0 saturated heterocycles. The first-order chi connectivity index (χ1) is 6.79. The van der Waals surface area contributed by atoms with Crippen LogP contribution < -0.4 is 0 Å². The van der Waals surface area contributed by atoms with Crippen molar-refractivity contribution >= 4 is 11.5 Å². The quantitative estimate of drug-likeness (QED) is 0.623. The van der Waals surface area contributed by atoms with Crippen molar-refractivity contribution in [1.82, 2.24) is 0 Å². The number of nitrogens with zero attached hydrogens (tertiary/aromatic N) is 1. The van der Waals surface area contributed by atoms with E-state index in [1.165, 1.54) is 6.08 Å². The van der Waals surface area contributed by atoms with E-state index in [2.05, 4.69) is 0 Å². The predicted molar refractivity (Wildman–Crippen MR) is 50.1 cm³/mol.